The molecule has 0 radical (unpaired) electrons. The third kappa shape index (κ3) is 4.63. The first-order valence-corrected chi connectivity index (χ1v) is 7.83. The van der Waals surface area contributed by atoms with E-state index in [9.17, 15) is 14.4 Å². The van der Waals surface area contributed by atoms with E-state index in [0.29, 0.717) is 31.1 Å². The number of aromatic nitrogens is 2. The maximum atomic E-state index is 11.8. The van der Waals surface area contributed by atoms with Gasteiger partial charge < -0.3 is 15.2 Å². The Morgan fingerprint density at radius 3 is 2.76 bits per heavy atom. The predicted molar refractivity (Wildman–Crippen MR) is 85.3 cm³/mol. The van der Waals surface area contributed by atoms with Gasteiger partial charge in [0.05, 0.1) is 6.42 Å². The third-order valence-electron chi connectivity index (χ3n) is 3.62. The van der Waals surface area contributed by atoms with E-state index in [1.807, 2.05) is 30.3 Å². The molecule has 9 nitrogen and oxygen atoms in total. The molecule has 0 saturated carbocycles. The van der Waals surface area contributed by atoms with Gasteiger partial charge >= 0.3 is 6.03 Å². The molecule has 1 aliphatic rings. The SMILES string of the molecule is O=C(CC1NC(=O)NC1=O)NCCc1nc(Cc2ccccc2)no1. The van der Waals surface area contributed by atoms with Gasteiger partial charge in [-0.2, -0.15) is 4.98 Å². The van der Waals surface area contributed by atoms with Crippen LogP contribution in [0.1, 0.15) is 23.7 Å². The smallest absolute Gasteiger partial charge is 0.322 e. The van der Waals surface area contributed by atoms with Gasteiger partial charge in [-0.15, -0.1) is 0 Å². The number of amides is 4. The highest BCUT2D eigenvalue weighted by Gasteiger charge is 2.31. The fraction of sp³-hybridized carbons (Fsp3) is 0.312. The molecule has 2 heterocycles. The summed E-state index contributed by atoms with van der Waals surface area (Å²) in [4.78, 5) is 38.4. The molecule has 1 saturated heterocycles. The Kier molecular flexibility index (Phi) is 5.03. The Bertz CT molecular complexity index is 774. The first-order valence-electron chi connectivity index (χ1n) is 7.83. The maximum absolute atomic E-state index is 11.8. The summed E-state index contributed by atoms with van der Waals surface area (Å²) < 4.78 is 5.15. The normalized spacial score (nSPS) is 16.4. The highest BCUT2D eigenvalue weighted by atomic mass is 16.5. The number of carbonyl (C=O) groups is 3. The summed E-state index contributed by atoms with van der Waals surface area (Å²) in [6.07, 6.45) is 0.852. The lowest BCUT2D eigenvalue weighted by Crippen LogP contribution is -2.36. The minimum atomic E-state index is -0.826. The zero-order valence-electron chi connectivity index (χ0n) is 13.3. The summed E-state index contributed by atoms with van der Waals surface area (Å²) in [7, 11) is 0. The molecule has 9 heteroatoms. The summed E-state index contributed by atoms with van der Waals surface area (Å²) >= 11 is 0. The standard InChI is InChI=1S/C16H17N5O4/c22-13(9-11-15(23)20-16(24)18-11)17-7-6-14-19-12(21-25-14)8-10-4-2-1-3-5-10/h1-5,11H,6-9H2,(H,17,22)(H2,18,20,23,24). The van der Waals surface area contributed by atoms with Crippen molar-refractivity contribution in [2.75, 3.05) is 6.54 Å². The second-order valence-corrected chi connectivity index (χ2v) is 5.59. The van der Waals surface area contributed by atoms with Crippen molar-refractivity contribution in [2.24, 2.45) is 0 Å². The van der Waals surface area contributed by atoms with E-state index in [1.165, 1.54) is 0 Å². The molecule has 0 spiro atoms. The van der Waals surface area contributed by atoms with Crippen LogP contribution >= 0.6 is 0 Å². The number of urea groups is 1. The maximum Gasteiger partial charge on any atom is 0.322 e. The van der Waals surface area contributed by atoms with E-state index in [2.05, 4.69) is 26.1 Å². The number of hydrogen-bond donors (Lipinski definition) is 3. The second-order valence-electron chi connectivity index (χ2n) is 5.59. The van der Waals surface area contributed by atoms with Crippen molar-refractivity contribution in [3.05, 3.63) is 47.6 Å². The van der Waals surface area contributed by atoms with Crippen LogP contribution in [-0.4, -0.2) is 40.6 Å². The summed E-state index contributed by atoms with van der Waals surface area (Å²) in [6, 6.07) is 8.38. The van der Waals surface area contributed by atoms with Gasteiger partial charge in [0.25, 0.3) is 5.91 Å². The van der Waals surface area contributed by atoms with Gasteiger partial charge in [0, 0.05) is 19.4 Å². The number of benzene rings is 1. The number of imide groups is 1. The number of nitrogens with zero attached hydrogens (tertiary/aromatic N) is 2. The minimum Gasteiger partial charge on any atom is -0.356 e. The summed E-state index contributed by atoms with van der Waals surface area (Å²) in [5.74, 6) is 0.171. The van der Waals surface area contributed by atoms with Crippen molar-refractivity contribution < 1.29 is 18.9 Å². The van der Waals surface area contributed by atoms with E-state index in [0.717, 1.165) is 5.56 Å². The zero-order valence-corrected chi connectivity index (χ0v) is 13.3. The Labute approximate surface area is 143 Å². The highest BCUT2D eigenvalue weighted by molar-refractivity contribution is 6.05. The summed E-state index contributed by atoms with van der Waals surface area (Å²) in [6.45, 7) is 0.300. The molecule has 25 heavy (non-hydrogen) atoms. The Morgan fingerprint density at radius 1 is 1.24 bits per heavy atom. The van der Waals surface area contributed by atoms with Crippen LogP contribution in [0.5, 0.6) is 0 Å². The number of nitrogens with one attached hydrogen (secondary N) is 3. The Hall–Kier alpha value is -3.23. The third-order valence-corrected chi connectivity index (χ3v) is 3.62. The largest absolute Gasteiger partial charge is 0.356 e. The molecule has 2 aromatic rings. The first-order chi connectivity index (χ1) is 12.1. The second kappa shape index (κ2) is 7.56. The molecule has 130 valence electrons. The van der Waals surface area contributed by atoms with Crippen LogP contribution < -0.4 is 16.0 Å². The molecule has 4 amide bonds. The Morgan fingerprint density at radius 2 is 2.04 bits per heavy atom. The summed E-state index contributed by atoms with van der Waals surface area (Å²) in [5, 5.41) is 11.0. The zero-order chi connectivity index (χ0) is 17.6. The lowest BCUT2D eigenvalue weighted by Gasteiger charge is -2.07. The fourth-order valence-electron chi connectivity index (χ4n) is 2.41. The lowest BCUT2D eigenvalue weighted by molar-refractivity contribution is -0.126. The van der Waals surface area contributed by atoms with Crippen LogP contribution in [0.15, 0.2) is 34.9 Å². The molecule has 1 fully saturated rings. The molecule has 0 bridgehead atoms. The van der Waals surface area contributed by atoms with Crippen molar-refractivity contribution in [3.8, 4) is 0 Å². The quantitative estimate of drug-likeness (QED) is 0.604. The molecular weight excluding hydrogens is 326 g/mol. The van der Waals surface area contributed by atoms with Crippen molar-refractivity contribution >= 4 is 17.8 Å². The van der Waals surface area contributed by atoms with E-state index in [-0.39, 0.29) is 12.3 Å². The molecular formula is C16H17N5O4. The molecule has 1 unspecified atom stereocenters. The van der Waals surface area contributed by atoms with E-state index < -0.39 is 18.0 Å². The Balaban J connectivity index is 1.41. The van der Waals surface area contributed by atoms with Crippen molar-refractivity contribution in [1.82, 2.24) is 26.1 Å². The molecule has 1 aliphatic heterocycles. The number of carbonyl (C=O) groups excluding carboxylic acids is 3. The molecule has 1 aromatic carbocycles. The lowest BCUT2D eigenvalue weighted by atomic mass is 10.1. The predicted octanol–water partition coefficient (Wildman–Crippen LogP) is -0.0828. The van der Waals surface area contributed by atoms with Gasteiger partial charge in [-0.1, -0.05) is 35.5 Å². The molecule has 3 N–H and O–H groups in total. The average Bonchev–Trinajstić information content (AvgIpc) is 3.14. The molecule has 1 atom stereocenters. The monoisotopic (exact) mass is 343 g/mol. The first kappa shape index (κ1) is 16.6. The van der Waals surface area contributed by atoms with Crippen LogP contribution in [0.3, 0.4) is 0 Å². The number of hydrogen-bond acceptors (Lipinski definition) is 6. The summed E-state index contributed by atoms with van der Waals surface area (Å²) in [5.41, 5.74) is 1.08. The van der Waals surface area contributed by atoms with Crippen molar-refractivity contribution in [3.63, 3.8) is 0 Å². The van der Waals surface area contributed by atoms with Crippen molar-refractivity contribution in [2.45, 2.75) is 25.3 Å². The molecule has 3 rings (SSSR count). The van der Waals surface area contributed by atoms with Gasteiger partial charge in [-0.3, -0.25) is 14.9 Å². The fourth-order valence-corrected chi connectivity index (χ4v) is 2.41. The van der Waals surface area contributed by atoms with Gasteiger partial charge in [0.2, 0.25) is 11.8 Å². The van der Waals surface area contributed by atoms with Gasteiger partial charge in [-0.25, -0.2) is 4.79 Å². The van der Waals surface area contributed by atoms with Gasteiger partial charge in [0.1, 0.15) is 6.04 Å². The molecule has 1 aromatic heterocycles. The number of rotatable bonds is 7. The average molecular weight is 343 g/mol. The van der Waals surface area contributed by atoms with E-state index in [1.54, 1.807) is 0 Å². The highest BCUT2D eigenvalue weighted by Crippen LogP contribution is 2.06. The minimum absolute atomic E-state index is 0.110. The van der Waals surface area contributed by atoms with Crippen LogP contribution in [0.25, 0.3) is 0 Å². The van der Waals surface area contributed by atoms with E-state index in [4.69, 9.17) is 4.52 Å². The molecule has 0 aliphatic carbocycles. The van der Waals surface area contributed by atoms with Crippen LogP contribution in [-0.2, 0) is 22.4 Å². The topological polar surface area (TPSA) is 126 Å². The van der Waals surface area contributed by atoms with Crippen LogP contribution in [0, 0.1) is 0 Å². The van der Waals surface area contributed by atoms with E-state index >= 15 is 0 Å². The van der Waals surface area contributed by atoms with Crippen molar-refractivity contribution in [1.29, 1.82) is 0 Å². The van der Waals surface area contributed by atoms with Crippen LogP contribution in [0.2, 0.25) is 0 Å². The van der Waals surface area contributed by atoms with Gasteiger partial charge in [-0.05, 0) is 5.56 Å². The van der Waals surface area contributed by atoms with Gasteiger partial charge in [0.15, 0.2) is 5.82 Å². The van der Waals surface area contributed by atoms with Crippen LogP contribution in [0.4, 0.5) is 4.79 Å².